The van der Waals surface area contributed by atoms with Gasteiger partial charge in [0.1, 0.15) is 5.82 Å². The average Bonchev–Trinajstić information content (AvgIpc) is 2.12. The molecule has 0 spiro atoms. The van der Waals surface area contributed by atoms with Crippen LogP contribution in [0, 0.1) is 5.82 Å². The molecule has 0 aliphatic carbocycles. The van der Waals surface area contributed by atoms with Gasteiger partial charge in [-0.25, -0.2) is 9.23 Å². The van der Waals surface area contributed by atoms with Gasteiger partial charge in [0.15, 0.2) is 5.78 Å². The van der Waals surface area contributed by atoms with Crippen LogP contribution in [0.25, 0.3) is 0 Å². The van der Waals surface area contributed by atoms with Crippen LogP contribution in [-0.4, -0.2) is 12.3 Å². The Kier molecular flexibility index (Phi) is 4.32. The lowest BCUT2D eigenvalue weighted by Crippen LogP contribution is -2.16. The van der Waals surface area contributed by atoms with Gasteiger partial charge in [-0.15, -0.1) is 0 Å². The van der Waals surface area contributed by atoms with Crippen LogP contribution in [0.3, 0.4) is 0 Å². The summed E-state index contributed by atoms with van der Waals surface area (Å²) in [6.45, 7) is 0.0613. The molecule has 1 aromatic rings. The van der Waals surface area contributed by atoms with E-state index in [9.17, 15) is 9.18 Å². The minimum absolute atomic E-state index is 0.0525. The van der Waals surface area contributed by atoms with Gasteiger partial charge in [0, 0.05) is 6.42 Å². The van der Waals surface area contributed by atoms with Crippen molar-refractivity contribution in [2.75, 3.05) is 6.54 Å². The lowest BCUT2D eigenvalue weighted by molar-refractivity contribution is -0.117. The summed E-state index contributed by atoms with van der Waals surface area (Å²) in [5.41, 5.74) is 0.587. The van der Waals surface area contributed by atoms with Crippen LogP contribution in [0.5, 0.6) is 0 Å². The topological polar surface area (TPSA) is 29.1 Å². The second-order valence-corrected chi connectivity index (χ2v) is 3.45. The maximum absolute atomic E-state index is 12.9. The highest BCUT2D eigenvalue weighted by Crippen LogP contribution is 2.15. The first-order valence-electron chi connectivity index (χ1n) is 3.92. The number of benzene rings is 1. The van der Waals surface area contributed by atoms with Gasteiger partial charge >= 0.3 is 0 Å². The van der Waals surface area contributed by atoms with Crippen molar-refractivity contribution >= 4 is 29.2 Å². The van der Waals surface area contributed by atoms with Crippen molar-refractivity contribution in [3.8, 4) is 0 Å². The molecule has 0 heterocycles. The molecule has 0 aliphatic rings. The molecule has 0 aromatic heterocycles. The number of halogens is 3. The molecule has 0 atom stereocenters. The van der Waals surface area contributed by atoms with Crippen molar-refractivity contribution in [1.29, 1.82) is 0 Å². The molecule has 0 fully saturated rings. The van der Waals surface area contributed by atoms with Crippen LogP contribution in [0.1, 0.15) is 5.56 Å². The lowest BCUT2D eigenvalue weighted by Gasteiger charge is -2.01. The molecule has 5 heteroatoms. The average molecular weight is 236 g/mol. The first kappa shape index (κ1) is 11.4. The van der Waals surface area contributed by atoms with E-state index in [1.165, 1.54) is 12.1 Å². The predicted octanol–water partition coefficient (Wildman–Crippen LogP) is 2.33. The molecule has 2 nitrogen and oxygen atoms in total. The van der Waals surface area contributed by atoms with E-state index < -0.39 is 5.82 Å². The van der Waals surface area contributed by atoms with Gasteiger partial charge in [-0.3, -0.25) is 4.79 Å². The Hall–Kier alpha value is -0.640. The van der Waals surface area contributed by atoms with Crippen LogP contribution in [0.2, 0.25) is 5.02 Å². The van der Waals surface area contributed by atoms with Crippen molar-refractivity contribution in [2.45, 2.75) is 6.42 Å². The van der Waals surface area contributed by atoms with Gasteiger partial charge in [0.2, 0.25) is 0 Å². The minimum atomic E-state index is -0.518. The van der Waals surface area contributed by atoms with E-state index >= 15 is 0 Å². The third-order valence-electron chi connectivity index (χ3n) is 1.65. The van der Waals surface area contributed by atoms with E-state index in [1.807, 2.05) is 0 Å². The second-order valence-electron chi connectivity index (χ2n) is 2.77. The fraction of sp³-hybridized carbons (Fsp3) is 0.222. The predicted molar refractivity (Wildman–Crippen MR) is 54.0 cm³/mol. The quantitative estimate of drug-likeness (QED) is 0.813. The summed E-state index contributed by atoms with van der Waals surface area (Å²) in [5.74, 6) is -0.627. The van der Waals surface area contributed by atoms with Crippen molar-refractivity contribution in [3.63, 3.8) is 0 Å². The highest BCUT2D eigenvalue weighted by Gasteiger charge is 2.05. The third kappa shape index (κ3) is 3.25. The monoisotopic (exact) mass is 235 g/mol. The summed E-state index contributed by atoms with van der Waals surface area (Å²) < 4.78 is 12.9. The lowest BCUT2D eigenvalue weighted by atomic mass is 10.1. The molecule has 0 radical (unpaired) electrons. The summed E-state index contributed by atoms with van der Waals surface area (Å²) in [7, 11) is 0. The summed E-state index contributed by atoms with van der Waals surface area (Å²) >= 11 is 10.6. The number of carbonyl (C=O) groups excluding carboxylic acids is 1. The summed E-state index contributed by atoms with van der Waals surface area (Å²) in [5, 5.41) is 0.0525. The zero-order chi connectivity index (χ0) is 10.6. The number of nitrogens with one attached hydrogen (secondary N) is 1. The SMILES string of the molecule is O=C(CNCl)Cc1ccc(Cl)c(F)c1. The fourth-order valence-corrected chi connectivity index (χ4v) is 1.28. The molecule has 0 unspecified atom stereocenters. The van der Waals surface area contributed by atoms with Gasteiger partial charge in [-0.05, 0) is 29.5 Å². The highest BCUT2D eigenvalue weighted by molar-refractivity contribution is 6.30. The number of rotatable bonds is 4. The summed E-state index contributed by atoms with van der Waals surface area (Å²) in [6, 6.07) is 4.28. The van der Waals surface area contributed by atoms with Crippen molar-refractivity contribution < 1.29 is 9.18 Å². The Labute approximate surface area is 91.1 Å². The number of hydrogen-bond donors (Lipinski definition) is 1. The molecule has 1 aromatic carbocycles. The van der Waals surface area contributed by atoms with Crippen LogP contribution >= 0.6 is 23.4 Å². The van der Waals surface area contributed by atoms with Crippen LogP contribution in [-0.2, 0) is 11.2 Å². The Morgan fingerprint density at radius 1 is 1.50 bits per heavy atom. The Morgan fingerprint density at radius 2 is 2.21 bits per heavy atom. The van der Waals surface area contributed by atoms with Crippen LogP contribution < -0.4 is 4.84 Å². The number of Topliss-reactive ketones (excluding diaryl/α,β-unsaturated/α-hetero) is 1. The molecule has 0 saturated carbocycles. The maximum atomic E-state index is 12.9. The van der Waals surface area contributed by atoms with Crippen molar-refractivity contribution in [3.05, 3.63) is 34.6 Å². The highest BCUT2D eigenvalue weighted by atomic mass is 35.5. The number of hydrogen-bond acceptors (Lipinski definition) is 2. The molecule has 1 N–H and O–H groups in total. The Morgan fingerprint density at radius 3 is 2.79 bits per heavy atom. The van der Waals surface area contributed by atoms with Crippen molar-refractivity contribution in [1.82, 2.24) is 4.84 Å². The molecule has 0 amide bonds. The van der Waals surface area contributed by atoms with Crippen molar-refractivity contribution in [2.24, 2.45) is 0 Å². The molecule has 14 heavy (non-hydrogen) atoms. The number of ketones is 1. The third-order valence-corrected chi connectivity index (χ3v) is 2.09. The smallest absolute Gasteiger partial charge is 0.152 e. The van der Waals surface area contributed by atoms with Gasteiger partial charge in [-0.2, -0.15) is 0 Å². The molecule has 1 rings (SSSR count). The normalized spacial score (nSPS) is 10.2. The second kappa shape index (κ2) is 5.29. The maximum Gasteiger partial charge on any atom is 0.152 e. The zero-order valence-electron chi connectivity index (χ0n) is 7.19. The fourth-order valence-electron chi connectivity index (χ4n) is 1.01. The Balaban J connectivity index is 2.68. The Bertz CT molecular complexity index is 344. The molecular weight excluding hydrogens is 228 g/mol. The molecule has 0 aliphatic heterocycles. The first-order chi connectivity index (χ1) is 6.63. The van der Waals surface area contributed by atoms with E-state index in [0.29, 0.717) is 5.56 Å². The molecule has 76 valence electrons. The first-order valence-corrected chi connectivity index (χ1v) is 4.68. The zero-order valence-corrected chi connectivity index (χ0v) is 8.70. The van der Waals surface area contributed by atoms with E-state index in [4.69, 9.17) is 23.4 Å². The summed E-state index contributed by atoms with van der Waals surface area (Å²) in [4.78, 5) is 13.3. The van der Waals surface area contributed by atoms with Gasteiger partial charge in [-0.1, -0.05) is 17.7 Å². The largest absolute Gasteiger partial charge is 0.298 e. The van der Waals surface area contributed by atoms with Crippen LogP contribution in [0.4, 0.5) is 4.39 Å². The number of carbonyl (C=O) groups is 1. The molecular formula is C9H8Cl2FNO. The van der Waals surface area contributed by atoms with E-state index in [2.05, 4.69) is 4.84 Å². The van der Waals surface area contributed by atoms with E-state index in [0.717, 1.165) is 0 Å². The standard InChI is InChI=1S/C9H8Cl2FNO/c10-8-2-1-6(4-9(8)12)3-7(14)5-13-11/h1-2,4,13H,3,5H2. The minimum Gasteiger partial charge on any atom is -0.298 e. The van der Waals surface area contributed by atoms with E-state index in [1.54, 1.807) is 6.07 Å². The van der Waals surface area contributed by atoms with E-state index in [-0.39, 0.29) is 23.8 Å². The molecule has 0 bridgehead atoms. The van der Waals surface area contributed by atoms with Gasteiger partial charge in [0.05, 0.1) is 11.6 Å². The van der Waals surface area contributed by atoms with Crippen LogP contribution in [0.15, 0.2) is 18.2 Å². The summed E-state index contributed by atoms with van der Waals surface area (Å²) in [6.07, 6.45) is 0.147. The molecule has 0 saturated heterocycles. The van der Waals surface area contributed by atoms with Gasteiger partial charge < -0.3 is 0 Å². The van der Waals surface area contributed by atoms with Gasteiger partial charge in [0.25, 0.3) is 0 Å².